The first kappa shape index (κ1) is 14.4. The van der Waals surface area contributed by atoms with Gasteiger partial charge in [0, 0.05) is 24.8 Å². The van der Waals surface area contributed by atoms with E-state index in [1.807, 2.05) is 6.92 Å². The summed E-state index contributed by atoms with van der Waals surface area (Å²) in [6.45, 7) is 5.54. The molecule has 3 N–H and O–H groups in total. The molecule has 0 bridgehead atoms. The zero-order chi connectivity index (χ0) is 13.9. The van der Waals surface area contributed by atoms with E-state index in [9.17, 15) is 9.90 Å². The zero-order valence-corrected chi connectivity index (χ0v) is 11.4. The van der Waals surface area contributed by atoms with Crippen LogP contribution in [0.25, 0.3) is 0 Å². The largest absolute Gasteiger partial charge is 0.389 e. The highest BCUT2D eigenvalue weighted by Crippen LogP contribution is 2.12. The molecular formula is C13H21N3O2. The third kappa shape index (κ3) is 4.00. The summed E-state index contributed by atoms with van der Waals surface area (Å²) in [5.74, 6) is 0.176. The molecule has 0 aliphatic heterocycles. The van der Waals surface area contributed by atoms with E-state index in [-0.39, 0.29) is 12.5 Å². The van der Waals surface area contributed by atoms with Gasteiger partial charge >= 0.3 is 0 Å². The van der Waals surface area contributed by atoms with Crippen LogP contribution in [0, 0.1) is 0 Å². The quantitative estimate of drug-likeness (QED) is 0.839. The number of nitrogens with zero attached hydrogens (tertiary/aromatic N) is 2. The molecule has 18 heavy (non-hydrogen) atoms. The molecule has 1 rings (SSSR count). The van der Waals surface area contributed by atoms with Crippen molar-refractivity contribution < 1.29 is 9.90 Å². The summed E-state index contributed by atoms with van der Waals surface area (Å²) in [5.41, 5.74) is 6.04. The van der Waals surface area contributed by atoms with Crippen LogP contribution >= 0.6 is 0 Å². The number of amides is 1. The van der Waals surface area contributed by atoms with Gasteiger partial charge in [-0.15, -0.1) is 0 Å². The summed E-state index contributed by atoms with van der Waals surface area (Å²) in [6, 6.07) is 3.29. The third-order valence-corrected chi connectivity index (χ3v) is 2.48. The fourth-order valence-corrected chi connectivity index (χ4v) is 1.79. The monoisotopic (exact) mass is 251 g/mol. The Bertz CT molecular complexity index is 438. The lowest BCUT2D eigenvalue weighted by Crippen LogP contribution is -2.39. The summed E-state index contributed by atoms with van der Waals surface area (Å²) >= 11 is 0. The number of anilines is 1. The van der Waals surface area contributed by atoms with Gasteiger partial charge in [-0.3, -0.25) is 4.79 Å². The maximum atomic E-state index is 12.2. The molecular weight excluding hydrogens is 230 g/mol. The minimum Gasteiger partial charge on any atom is -0.389 e. The van der Waals surface area contributed by atoms with Gasteiger partial charge in [-0.25, -0.2) is 4.98 Å². The average Bonchev–Trinajstić information content (AvgIpc) is 2.24. The maximum absolute atomic E-state index is 12.2. The number of hydrogen-bond donors (Lipinski definition) is 2. The van der Waals surface area contributed by atoms with E-state index < -0.39 is 5.60 Å². The Hall–Kier alpha value is -1.62. The summed E-state index contributed by atoms with van der Waals surface area (Å²) in [7, 11) is 1.66. The van der Waals surface area contributed by atoms with Crippen molar-refractivity contribution in [2.75, 3.05) is 19.3 Å². The van der Waals surface area contributed by atoms with Crippen LogP contribution in [0.2, 0.25) is 0 Å². The van der Waals surface area contributed by atoms with E-state index in [1.54, 1.807) is 33.0 Å². The lowest BCUT2D eigenvalue weighted by atomic mass is 10.1. The molecule has 0 radical (unpaired) electrons. The Morgan fingerprint density at radius 1 is 1.50 bits per heavy atom. The van der Waals surface area contributed by atoms with Gasteiger partial charge in [0.1, 0.15) is 5.82 Å². The van der Waals surface area contributed by atoms with E-state index in [1.165, 1.54) is 4.90 Å². The Morgan fingerprint density at radius 3 is 2.61 bits per heavy atom. The van der Waals surface area contributed by atoms with E-state index in [0.717, 1.165) is 12.1 Å². The number of carbonyl (C=O) groups is 1. The molecule has 0 saturated carbocycles. The normalized spacial score (nSPS) is 11.4. The molecule has 5 heteroatoms. The van der Waals surface area contributed by atoms with Crippen molar-refractivity contribution in [2.24, 2.45) is 0 Å². The van der Waals surface area contributed by atoms with Crippen molar-refractivity contribution in [2.45, 2.75) is 32.8 Å². The van der Waals surface area contributed by atoms with Crippen molar-refractivity contribution >= 4 is 11.7 Å². The number of nitrogens with two attached hydrogens (primary N) is 1. The van der Waals surface area contributed by atoms with E-state index >= 15 is 0 Å². The standard InChI is InChI=1S/C13H21N3O2/c1-5-10-6-9(7-11(14)15-10)12(17)16(4)8-13(2,3)18/h6-7,18H,5,8H2,1-4H3,(H2,14,15). The molecule has 1 heterocycles. The van der Waals surface area contributed by atoms with Gasteiger partial charge in [-0.05, 0) is 32.4 Å². The highest BCUT2D eigenvalue weighted by atomic mass is 16.3. The number of pyridine rings is 1. The molecule has 0 aromatic carbocycles. The number of aromatic nitrogens is 1. The topological polar surface area (TPSA) is 79.5 Å². The maximum Gasteiger partial charge on any atom is 0.253 e. The van der Waals surface area contributed by atoms with Crippen LogP contribution in [-0.2, 0) is 6.42 Å². The van der Waals surface area contributed by atoms with Gasteiger partial charge in [-0.2, -0.15) is 0 Å². The highest BCUT2D eigenvalue weighted by molar-refractivity contribution is 5.94. The van der Waals surface area contributed by atoms with E-state index in [0.29, 0.717) is 11.4 Å². The fourth-order valence-electron chi connectivity index (χ4n) is 1.79. The van der Waals surface area contributed by atoms with Crippen LogP contribution < -0.4 is 5.73 Å². The minimum absolute atomic E-state index is 0.166. The van der Waals surface area contributed by atoms with E-state index in [2.05, 4.69) is 4.98 Å². The number of aliphatic hydroxyl groups is 1. The van der Waals surface area contributed by atoms with Crippen LogP contribution in [0.1, 0.15) is 36.8 Å². The molecule has 0 saturated heterocycles. The van der Waals surface area contributed by atoms with Crippen molar-refractivity contribution in [1.29, 1.82) is 0 Å². The molecule has 5 nitrogen and oxygen atoms in total. The zero-order valence-electron chi connectivity index (χ0n) is 11.4. The van der Waals surface area contributed by atoms with Gasteiger partial charge in [0.05, 0.1) is 5.60 Å². The Balaban J connectivity index is 2.93. The van der Waals surface area contributed by atoms with Crippen LogP contribution in [0.5, 0.6) is 0 Å². The van der Waals surface area contributed by atoms with Crippen LogP contribution in [0.4, 0.5) is 5.82 Å². The second-order valence-corrected chi connectivity index (χ2v) is 5.10. The number of rotatable bonds is 4. The average molecular weight is 251 g/mol. The van der Waals surface area contributed by atoms with Gasteiger partial charge < -0.3 is 15.7 Å². The van der Waals surface area contributed by atoms with Gasteiger partial charge in [0.15, 0.2) is 0 Å². The number of likely N-dealkylation sites (N-methyl/N-ethyl adjacent to an activating group) is 1. The summed E-state index contributed by atoms with van der Waals surface area (Å²) in [5, 5.41) is 9.71. The first-order valence-corrected chi connectivity index (χ1v) is 5.97. The predicted molar refractivity (Wildman–Crippen MR) is 71.3 cm³/mol. The molecule has 0 aliphatic rings. The molecule has 1 amide bonds. The fraction of sp³-hybridized carbons (Fsp3) is 0.538. The van der Waals surface area contributed by atoms with Gasteiger partial charge in [-0.1, -0.05) is 6.92 Å². The van der Waals surface area contributed by atoms with E-state index in [4.69, 9.17) is 5.73 Å². The molecule has 1 aromatic heterocycles. The highest BCUT2D eigenvalue weighted by Gasteiger charge is 2.20. The van der Waals surface area contributed by atoms with Crippen molar-refractivity contribution in [1.82, 2.24) is 9.88 Å². The van der Waals surface area contributed by atoms with Crippen LogP contribution in [-0.4, -0.2) is 40.1 Å². The molecule has 1 aromatic rings. The first-order chi connectivity index (χ1) is 8.23. The Kier molecular flexibility index (Phi) is 4.29. The first-order valence-electron chi connectivity index (χ1n) is 5.97. The van der Waals surface area contributed by atoms with Crippen molar-refractivity contribution in [3.05, 3.63) is 23.4 Å². The molecule has 0 unspecified atom stereocenters. The number of aryl methyl sites for hydroxylation is 1. The van der Waals surface area contributed by atoms with Crippen LogP contribution in [0.15, 0.2) is 12.1 Å². The third-order valence-electron chi connectivity index (χ3n) is 2.48. The van der Waals surface area contributed by atoms with Gasteiger partial charge in [0.25, 0.3) is 5.91 Å². The Labute approximate surface area is 108 Å². The molecule has 0 fully saturated rings. The second-order valence-electron chi connectivity index (χ2n) is 5.10. The molecule has 0 spiro atoms. The van der Waals surface area contributed by atoms with Gasteiger partial charge in [0.2, 0.25) is 0 Å². The summed E-state index contributed by atoms with van der Waals surface area (Å²) < 4.78 is 0. The van der Waals surface area contributed by atoms with Crippen molar-refractivity contribution in [3.8, 4) is 0 Å². The predicted octanol–water partition coefficient (Wildman–Crippen LogP) is 1.07. The lowest BCUT2D eigenvalue weighted by molar-refractivity contribution is 0.0368. The molecule has 100 valence electrons. The summed E-state index contributed by atoms with van der Waals surface area (Å²) in [6.07, 6.45) is 0.723. The second kappa shape index (κ2) is 5.35. The lowest BCUT2D eigenvalue weighted by Gasteiger charge is -2.25. The van der Waals surface area contributed by atoms with Crippen molar-refractivity contribution in [3.63, 3.8) is 0 Å². The Morgan fingerprint density at radius 2 is 2.11 bits per heavy atom. The number of carbonyl (C=O) groups excluding carboxylic acids is 1. The smallest absolute Gasteiger partial charge is 0.253 e. The number of hydrogen-bond acceptors (Lipinski definition) is 4. The molecule has 0 atom stereocenters. The number of nitrogen functional groups attached to an aromatic ring is 1. The van der Waals surface area contributed by atoms with Crippen LogP contribution in [0.3, 0.4) is 0 Å². The minimum atomic E-state index is -0.920. The summed E-state index contributed by atoms with van der Waals surface area (Å²) in [4.78, 5) is 17.8. The SMILES string of the molecule is CCc1cc(C(=O)N(C)CC(C)(C)O)cc(N)n1. The molecule has 0 aliphatic carbocycles.